The van der Waals surface area contributed by atoms with Gasteiger partial charge in [0.1, 0.15) is 5.75 Å². The van der Waals surface area contributed by atoms with E-state index >= 15 is 0 Å². The van der Waals surface area contributed by atoms with E-state index in [1.165, 1.54) is 31.0 Å². The van der Waals surface area contributed by atoms with Crippen LogP contribution in [-0.2, 0) is 16.1 Å². The van der Waals surface area contributed by atoms with Gasteiger partial charge in [-0.25, -0.2) is 0 Å². The van der Waals surface area contributed by atoms with Gasteiger partial charge in [0, 0.05) is 25.4 Å². The topological polar surface area (TPSA) is 81.5 Å². The van der Waals surface area contributed by atoms with Crippen LogP contribution in [0.15, 0.2) is 29.4 Å². The highest BCUT2D eigenvalue weighted by Gasteiger charge is 2.26. The van der Waals surface area contributed by atoms with Crippen LogP contribution in [0.3, 0.4) is 0 Å². The summed E-state index contributed by atoms with van der Waals surface area (Å²) in [4.78, 5) is 15.2. The van der Waals surface area contributed by atoms with Crippen LogP contribution < -0.4 is 15.0 Å². The van der Waals surface area contributed by atoms with E-state index in [1.807, 2.05) is 38.1 Å². The molecule has 1 amide bonds. The number of aromatic nitrogens is 3. The smallest absolute Gasteiger partial charge is 0.237 e. The number of piperidine rings is 1. The third-order valence-electron chi connectivity index (χ3n) is 5.83. The number of carbonyl (C=O) groups is 1. The molecule has 32 heavy (non-hydrogen) atoms. The minimum Gasteiger partial charge on any atom is -0.494 e. The summed E-state index contributed by atoms with van der Waals surface area (Å²) in [5.41, 5.74) is 0.751. The van der Waals surface area contributed by atoms with Gasteiger partial charge in [-0.1, -0.05) is 11.8 Å². The molecule has 2 aliphatic rings. The fourth-order valence-corrected chi connectivity index (χ4v) is 4.96. The molecule has 2 atom stereocenters. The molecule has 1 aromatic heterocycles. The van der Waals surface area contributed by atoms with Crippen LogP contribution in [0.4, 0.5) is 11.6 Å². The molecule has 4 rings (SSSR count). The number of hydrogen-bond acceptors (Lipinski definition) is 7. The minimum atomic E-state index is -0.316. The van der Waals surface area contributed by atoms with Gasteiger partial charge < -0.3 is 19.7 Å². The first-order valence-corrected chi connectivity index (χ1v) is 12.5. The van der Waals surface area contributed by atoms with Crippen LogP contribution in [-0.4, -0.2) is 58.3 Å². The zero-order chi connectivity index (χ0) is 22.3. The largest absolute Gasteiger partial charge is 0.494 e. The first-order chi connectivity index (χ1) is 15.6. The fraction of sp³-hybridized carbons (Fsp3) is 0.609. The molecule has 0 aliphatic carbocycles. The molecule has 1 N–H and O–H groups in total. The van der Waals surface area contributed by atoms with E-state index in [0.29, 0.717) is 6.61 Å². The van der Waals surface area contributed by atoms with Crippen molar-refractivity contribution in [3.63, 3.8) is 0 Å². The zero-order valence-corrected chi connectivity index (χ0v) is 19.8. The Kier molecular flexibility index (Phi) is 7.91. The van der Waals surface area contributed by atoms with Crippen LogP contribution in [0.25, 0.3) is 0 Å². The highest BCUT2D eigenvalue weighted by Crippen LogP contribution is 2.29. The maximum atomic E-state index is 12.8. The van der Waals surface area contributed by atoms with Gasteiger partial charge >= 0.3 is 0 Å². The molecule has 0 bridgehead atoms. The lowest BCUT2D eigenvalue weighted by atomic mass is 10.1. The Morgan fingerprint density at radius 3 is 2.69 bits per heavy atom. The number of hydrogen-bond donors (Lipinski definition) is 1. The van der Waals surface area contributed by atoms with Gasteiger partial charge in [0.2, 0.25) is 11.9 Å². The summed E-state index contributed by atoms with van der Waals surface area (Å²) >= 11 is 1.45. The van der Waals surface area contributed by atoms with Gasteiger partial charge in [0.25, 0.3) is 0 Å². The second kappa shape index (κ2) is 11.0. The van der Waals surface area contributed by atoms with Crippen molar-refractivity contribution in [3.05, 3.63) is 24.3 Å². The fourth-order valence-electron chi connectivity index (χ4n) is 4.10. The summed E-state index contributed by atoms with van der Waals surface area (Å²) in [5, 5.41) is 12.4. The molecule has 2 fully saturated rings. The van der Waals surface area contributed by atoms with E-state index in [0.717, 1.165) is 61.6 Å². The Bertz CT molecular complexity index is 876. The minimum absolute atomic E-state index is 0.0645. The summed E-state index contributed by atoms with van der Waals surface area (Å²) < 4.78 is 13.5. The monoisotopic (exact) mass is 459 g/mol. The average molecular weight is 460 g/mol. The lowest BCUT2D eigenvalue weighted by molar-refractivity contribution is -0.115. The van der Waals surface area contributed by atoms with Crippen molar-refractivity contribution in [1.29, 1.82) is 0 Å². The first-order valence-electron chi connectivity index (χ1n) is 11.6. The Hall–Kier alpha value is -2.26. The molecule has 0 radical (unpaired) electrons. The number of thioether (sulfide) groups is 1. The number of benzene rings is 1. The Balaban J connectivity index is 1.44. The van der Waals surface area contributed by atoms with Gasteiger partial charge in [-0.15, -0.1) is 10.2 Å². The van der Waals surface area contributed by atoms with E-state index in [4.69, 9.17) is 9.47 Å². The highest BCUT2D eigenvalue weighted by molar-refractivity contribution is 8.00. The highest BCUT2D eigenvalue weighted by atomic mass is 32.2. The summed E-state index contributed by atoms with van der Waals surface area (Å²) in [6.45, 7) is 8.02. The van der Waals surface area contributed by atoms with Crippen molar-refractivity contribution in [2.45, 2.75) is 69.0 Å². The number of nitrogens with zero attached hydrogens (tertiary/aromatic N) is 4. The van der Waals surface area contributed by atoms with Gasteiger partial charge in [0.15, 0.2) is 5.16 Å². The second-order valence-electron chi connectivity index (χ2n) is 8.28. The molecule has 2 aliphatic heterocycles. The van der Waals surface area contributed by atoms with Crippen molar-refractivity contribution < 1.29 is 14.3 Å². The number of nitrogens with one attached hydrogen (secondary N) is 1. The quantitative estimate of drug-likeness (QED) is 0.568. The van der Waals surface area contributed by atoms with Gasteiger partial charge in [-0.05, 0) is 70.2 Å². The molecule has 0 saturated carbocycles. The van der Waals surface area contributed by atoms with Crippen molar-refractivity contribution in [2.75, 3.05) is 36.5 Å². The molecular weight excluding hydrogens is 426 g/mol. The van der Waals surface area contributed by atoms with E-state index in [-0.39, 0.29) is 17.3 Å². The van der Waals surface area contributed by atoms with Crippen LogP contribution in [0.1, 0.15) is 46.0 Å². The molecule has 9 heteroatoms. The zero-order valence-electron chi connectivity index (χ0n) is 19.0. The van der Waals surface area contributed by atoms with E-state index in [9.17, 15) is 4.79 Å². The Labute approximate surface area is 194 Å². The number of anilines is 2. The van der Waals surface area contributed by atoms with Crippen LogP contribution in [0.2, 0.25) is 0 Å². The first kappa shape index (κ1) is 22.9. The Morgan fingerprint density at radius 2 is 2.00 bits per heavy atom. The van der Waals surface area contributed by atoms with Crippen LogP contribution in [0, 0.1) is 0 Å². The van der Waals surface area contributed by atoms with Crippen molar-refractivity contribution in [3.8, 4) is 5.75 Å². The summed E-state index contributed by atoms with van der Waals surface area (Å²) in [7, 11) is 0. The lowest BCUT2D eigenvalue weighted by Crippen LogP contribution is -2.33. The van der Waals surface area contributed by atoms with Crippen molar-refractivity contribution >= 4 is 29.3 Å². The third-order valence-corrected chi connectivity index (χ3v) is 6.91. The van der Waals surface area contributed by atoms with Gasteiger partial charge in [0.05, 0.1) is 24.5 Å². The number of rotatable bonds is 9. The lowest BCUT2D eigenvalue weighted by Gasteiger charge is -2.28. The van der Waals surface area contributed by atoms with Gasteiger partial charge in [-0.3, -0.25) is 9.36 Å². The molecule has 174 valence electrons. The molecule has 2 unspecified atom stereocenters. The molecular formula is C23H33N5O3S. The maximum absolute atomic E-state index is 12.8. The van der Waals surface area contributed by atoms with Crippen molar-refractivity contribution in [2.24, 2.45) is 0 Å². The maximum Gasteiger partial charge on any atom is 0.237 e. The molecule has 3 heterocycles. The van der Waals surface area contributed by atoms with Crippen LogP contribution in [0.5, 0.6) is 5.75 Å². The second-order valence-corrected chi connectivity index (χ2v) is 9.59. The Morgan fingerprint density at radius 1 is 1.22 bits per heavy atom. The molecule has 0 spiro atoms. The standard InChI is InChI=1S/C23H33N5O3S/c1-3-30-19-11-9-18(10-12-19)24-21(29)17(2)32-23-26-25-22(27-13-5-4-6-14-27)28(23)16-20-8-7-15-31-20/h9-12,17,20H,3-8,13-16H2,1-2H3,(H,24,29). The number of carbonyl (C=O) groups excluding carboxylic acids is 1. The average Bonchev–Trinajstić information content (AvgIpc) is 3.47. The molecule has 1 aromatic carbocycles. The van der Waals surface area contributed by atoms with E-state index in [1.54, 1.807) is 0 Å². The van der Waals surface area contributed by atoms with E-state index in [2.05, 4.69) is 25.0 Å². The van der Waals surface area contributed by atoms with Crippen LogP contribution >= 0.6 is 11.8 Å². The predicted octanol–water partition coefficient (Wildman–Crippen LogP) is 3.97. The molecule has 2 saturated heterocycles. The predicted molar refractivity (Wildman–Crippen MR) is 127 cm³/mol. The summed E-state index contributed by atoms with van der Waals surface area (Å²) in [6.07, 6.45) is 5.94. The normalized spacial score (nSPS) is 19.7. The number of amides is 1. The third kappa shape index (κ3) is 5.75. The molecule has 8 nitrogen and oxygen atoms in total. The molecule has 2 aromatic rings. The van der Waals surface area contributed by atoms with E-state index < -0.39 is 0 Å². The van der Waals surface area contributed by atoms with Gasteiger partial charge in [-0.2, -0.15) is 0 Å². The SMILES string of the molecule is CCOc1ccc(NC(=O)C(C)Sc2nnc(N3CCCCC3)n2CC2CCCO2)cc1. The summed E-state index contributed by atoms with van der Waals surface area (Å²) in [5.74, 6) is 1.63. The number of ether oxygens (including phenoxy) is 2. The summed E-state index contributed by atoms with van der Waals surface area (Å²) in [6, 6.07) is 7.43. The van der Waals surface area contributed by atoms with Crippen molar-refractivity contribution in [1.82, 2.24) is 14.8 Å².